The first-order valence-corrected chi connectivity index (χ1v) is 6.47. The van der Waals surface area contributed by atoms with Gasteiger partial charge in [-0.25, -0.2) is 4.57 Å². The second-order valence-electron chi connectivity index (χ2n) is 4.31. The van der Waals surface area contributed by atoms with Gasteiger partial charge in [0.15, 0.2) is 0 Å². The number of carbonyl (C=O) groups excluding carboxylic acids is 1. The fourth-order valence-electron chi connectivity index (χ4n) is 0.810. The number of amides is 1. The molecule has 0 rings (SSSR count). The van der Waals surface area contributed by atoms with E-state index in [0.717, 1.165) is 0 Å². The van der Waals surface area contributed by atoms with Crippen molar-refractivity contribution in [3.05, 3.63) is 12.2 Å². The van der Waals surface area contributed by atoms with Crippen LogP contribution >= 0.6 is 7.82 Å². The Bertz CT molecular complexity index is 337. The summed E-state index contributed by atoms with van der Waals surface area (Å²) in [6.07, 6.45) is 0. The summed E-state index contributed by atoms with van der Waals surface area (Å²) in [6.45, 7) is 5.00. The number of nitrogens with one attached hydrogen (secondary N) is 1. The molecule has 1 atom stereocenters. The van der Waals surface area contributed by atoms with Crippen LogP contribution in [0.3, 0.4) is 0 Å². The van der Waals surface area contributed by atoms with Gasteiger partial charge < -0.3 is 5.32 Å². The molecule has 0 aromatic rings. The molecule has 0 aliphatic heterocycles. The van der Waals surface area contributed by atoms with Crippen LogP contribution in [0.5, 0.6) is 0 Å². The fourth-order valence-corrected chi connectivity index (χ4v) is 1.80. The van der Waals surface area contributed by atoms with E-state index in [1.807, 2.05) is 0 Å². The van der Waals surface area contributed by atoms with Gasteiger partial charge >= 0.3 is 7.82 Å². The van der Waals surface area contributed by atoms with E-state index < -0.39 is 7.82 Å². The lowest BCUT2D eigenvalue weighted by atomic mass is 10.3. The van der Waals surface area contributed by atoms with Crippen LogP contribution in [0, 0.1) is 0 Å². The molecule has 0 heterocycles. The highest BCUT2D eigenvalue weighted by Crippen LogP contribution is 2.44. The minimum atomic E-state index is -4.10. The lowest BCUT2D eigenvalue weighted by molar-refractivity contribution is -1.04. The van der Waals surface area contributed by atoms with Gasteiger partial charge in [-0.3, -0.25) is 14.2 Å². The van der Waals surface area contributed by atoms with Gasteiger partial charge in [0, 0.05) is 12.1 Å². The van der Waals surface area contributed by atoms with Crippen molar-refractivity contribution in [3.63, 3.8) is 0 Å². The molecule has 0 aliphatic rings. The number of phosphoric acid groups is 1. The molecule has 7 nitrogen and oxygen atoms in total. The molecule has 2 N–H and O–H groups in total. The van der Waals surface area contributed by atoms with E-state index >= 15 is 0 Å². The number of hydrogen-bond donors (Lipinski definition) is 2. The number of phosphoric ester groups is 1. The third-order valence-corrected chi connectivity index (χ3v) is 2.58. The van der Waals surface area contributed by atoms with Crippen LogP contribution in [0.4, 0.5) is 0 Å². The molecule has 1 unspecified atom stereocenters. The van der Waals surface area contributed by atoms with Gasteiger partial charge in [0.2, 0.25) is 5.91 Å². The van der Waals surface area contributed by atoms with Gasteiger partial charge in [0.05, 0.1) is 27.7 Å². The van der Waals surface area contributed by atoms with E-state index in [1.54, 1.807) is 28.1 Å². The largest absolute Gasteiger partial charge is 0.518 e. The van der Waals surface area contributed by atoms with Crippen molar-refractivity contribution in [3.8, 4) is 0 Å². The molecule has 0 aromatic heterocycles. The number of carbonyl (C=O) groups is 1. The second kappa shape index (κ2) is 6.28. The summed E-state index contributed by atoms with van der Waals surface area (Å²) in [5.41, 5.74) is 0.361. The number of hydroxylamine groups is 3. The summed E-state index contributed by atoms with van der Waals surface area (Å²) in [5.74, 6) is -0.325. The third-order valence-electron chi connectivity index (χ3n) is 1.38. The third kappa shape index (κ3) is 9.02. The highest BCUT2D eigenvalue weighted by molar-refractivity contribution is 7.47. The minimum absolute atomic E-state index is 0.108. The smallest absolute Gasteiger partial charge is 0.350 e. The molecule has 1 amide bonds. The number of rotatable bonds is 7. The molecular weight excluding hydrogens is 247 g/mol. The van der Waals surface area contributed by atoms with Crippen LogP contribution in [0.2, 0.25) is 0 Å². The monoisotopic (exact) mass is 267 g/mol. The zero-order valence-electron chi connectivity index (χ0n) is 10.6. The fraction of sp³-hybridized carbons (Fsp3) is 0.667. The van der Waals surface area contributed by atoms with Crippen molar-refractivity contribution in [2.24, 2.45) is 0 Å². The first-order chi connectivity index (χ1) is 7.53. The Balaban J connectivity index is 3.93. The summed E-state index contributed by atoms with van der Waals surface area (Å²) in [7, 11) is 0.636. The van der Waals surface area contributed by atoms with Crippen LogP contribution in [0.1, 0.15) is 6.92 Å². The van der Waals surface area contributed by atoms with Crippen molar-refractivity contribution in [1.29, 1.82) is 0 Å². The topological polar surface area (TPSA) is 84.9 Å². The van der Waals surface area contributed by atoms with Gasteiger partial charge in [0.25, 0.3) is 0 Å². The molecule has 100 valence electrons. The minimum Gasteiger partial charge on any atom is -0.350 e. The molecule has 8 heteroatoms. The highest BCUT2D eigenvalue weighted by atomic mass is 31.2. The van der Waals surface area contributed by atoms with Crippen LogP contribution in [-0.4, -0.2) is 49.7 Å². The van der Waals surface area contributed by atoms with Crippen LogP contribution < -0.4 is 5.32 Å². The van der Waals surface area contributed by atoms with E-state index in [2.05, 4.69) is 16.4 Å². The average molecular weight is 267 g/mol. The maximum Gasteiger partial charge on any atom is 0.518 e. The molecule has 0 saturated carbocycles. The summed E-state index contributed by atoms with van der Waals surface area (Å²) in [6, 6.07) is 0. The Morgan fingerprint density at radius 3 is 2.41 bits per heavy atom. The Hall–Kier alpha value is -0.720. The Kier molecular flexibility index (Phi) is 6.01. The number of nitrogens with zero attached hydrogens (tertiary/aromatic N) is 1. The van der Waals surface area contributed by atoms with Crippen molar-refractivity contribution < 1.29 is 28.0 Å². The van der Waals surface area contributed by atoms with Gasteiger partial charge in [0.1, 0.15) is 0 Å². The summed E-state index contributed by atoms with van der Waals surface area (Å²) in [4.78, 5) is 20.4. The molecule has 0 saturated heterocycles. The van der Waals surface area contributed by atoms with E-state index in [0.29, 0.717) is 5.57 Å². The van der Waals surface area contributed by atoms with Crippen LogP contribution in [0.25, 0.3) is 0 Å². The SMILES string of the molecule is C=C(C)C(=O)NCCOP(=O)(O)O[N+](C)(C)C. The lowest BCUT2D eigenvalue weighted by Gasteiger charge is -2.22. The Morgan fingerprint density at radius 2 is 2.00 bits per heavy atom. The number of quaternary nitrogens is 1. The quantitative estimate of drug-likeness (QED) is 0.230. The molecule has 0 fully saturated rings. The zero-order valence-corrected chi connectivity index (χ0v) is 11.5. The standard InChI is InChI=1S/C9H19N2O5P/c1-8(2)9(12)10-6-7-15-17(13,14)16-11(3,4)5/h1,6-7H2,2-5H3,(H-,10,12,13,14)/p+1. The van der Waals surface area contributed by atoms with Gasteiger partial charge in [-0.1, -0.05) is 11.2 Å². The van der Waals surface area contributed by atoms with Crippen LogP contribution in [0.15, 0.2) is 12.2 Å². The van der Waals surface area contributed by atoms with E-state index in [1.165, 1.54) is 0 Å². The van der Waals surface area contributed by atoms with Crippen molar-refractivity contribution in [2.45, 2.75) is 6.92 Å². The predicted octanol–water partition coefficient (Wildman–Crippen LogP) is 0.433. The molecule has 0 spiro atoms. The number of hydrogen-bond acceptors (Lipinski definition) is 4. The summed E-state index contributed by atoms with van der Waals surface area (Å²) in [5, 5.41) is 2.46. The second-order valence-corrected chi connectivity index (χ2v) is 5.67. The zero-order chi connectivity index (χ0) is 13.7. The summed E-state index contributed by atoms with van der Waals surface area (Å²) >= 11 is 0. The first kappa shape index (κ1) is 16.3. The molecule has 0 bridgehead atoms. The Morgan fingerprint density at radius 1 is 1.47 bits per heavy atom. The molecule has 0 aromatic carbocycles. The summed E-state index contributed by atoms with van der Waals surface area (Å²) < 4.78 is 20.7. The molecular formula is C9H20N2O5P+. The van der Waals surface area contributed by atoms with Gasteiger partial charge in [-0.05, 0) is 6.92 Å². The van der Waals surface area contributed by atoms with Crippen molar-refractivity contribution >= 4 is 13.7 Å². The highest BCUT2D eigenvalue weighted by Gasteiger charge is 2.30. The van der Waals surface area contributed by atoms with E-state index in [9.17, 15) is 14.3 Å². The Labute approximate surface area is 101 Å². The predicted molar refractivity (Wildman–Crippen MR) is 62.7 cm³/mol. The van der Waals surface area contributed by atoms with E-state index in [-0.39, 0.29) is 23.7 Å². The normalized spacial score (nSPS) is 15.1. The van der Waals surface area contributed by atoms with Crippen molar-refractivity contribution in [2.75, 3.05) is 34.3 Å². The molecule has 0 radical (unpaired) electrons. The average Bonchev–Trinajstić information content (AvgIpc) is 2.07. The van der Waals surface area contributed by atoms with E-state index in [4.69, 9.17) is 4.62 Å². The lowest BCUT2D eigenvalue weighted by Crippen LogP contribution is -2.33. The van der Waals surface area contributed by atoms with Crippen LogP contribution in [-0.2, 0) is 18.5 Å². The maximum absolute atomic E-state index is 11.4. The molecule has 0 aliphatic carbocycles. The van der Waals surface area contributed by atoms with Gasteiger partial charge in [-0.15, -0.1) is 0 Å². The first-order valence-electron chi connectivity index (χ1n) is 4.97. The van der Waals surface area contributed by atoms with Gasteiger partial charge in [-0.2, -0.15) is 4.65 Å². The molecule has 17 heavy (non-hydrogen) atoms. The maximum atomic E-state index is 11.4. The van der Waals surface area contributed by atoms with Crippen molar-refractivity contribution in [1.82, 2.24) is 5.32 Å².